The van der Waals surface area contributed by atoms with Crippen molar-refractivity contribution in [1.29, 1.82) is 0 Å². The summed E-state index contributed by atoms with van der Waals surface area (Å²) in [6, 6.07) is 6.60. The first-order valence-electron chi connectivity index (χ1n) is 7.31. The Morgan fingerprint density at radius 3 is 2.64 bits per heavy atom. The van der Waals surface area contributed by atoms with Crippen molar-refractivity contribution in [3.8, 4) is 0 Å². The van der Waals surface area contributed by atoms with Gasteiger partial charge >= 0.3 is 0 Å². The molecule has 1 saturated heterocycles. The molecule has 1 N–H and O–H groups in total. The highest BCUT2D eigenvalue weighted by Crippen LogP contribution is 2.19. The first-order valence-corrected chi connectivity index (χ1v) is 9.75. The van der Waals surface area contributed by atoms with Crippen molar-refractivity contribution < 1.29 is 13.2 Å². The molecule has 1 amide bonds. The van der Waals surface area contributed by atoms with Crippen LogP contribution in [0.2, 0.25) is 0 Å². The van der Waals surface area contributed by atoms with E-state index in [1.807, 2.05) is 6.92 Å². The molecule has 1 fully saturated rings. The summed E-state index contributed by atoms with van der Waals surface area (Å²) < 4.78 is 25.7. The van der Waals surface area contributed by atoms with E-state index in [1.165, 1.54) is 0 Å². The van der Waals surface area contributed by atoms with Gasteiger partial charge in [-0.25, -0.2) is 8.42 Å². The molecule has 22 heavy (non-hydrogen) atoms. The number of rotatable bonds is 4. The zero-order valence-corrected chi connectivity index (χ0v) is 15.2. The van der Waals surface area contributed by atoms with Crippen LogP contribution >= 0.6 is 15.9 Å². The topological polar surface area (TPSA) is 66.5 Å². The normalized spacial score (nSPS) is 20.7. The fourth-order valence-corrected chi connectivity index (χ4v) is 4.40. The third-order valence-corrected chi connectivity index (χ3v) is 6.31. The molecule has 1 aliphatic heterocycles. The number of halogens is 1. The molecular weight excluding hydrogens is 368 g/mol. The number of amides is 1. The Bertz CT molecular complexity index is 631. The lowest BCUT2D eigenvalue weighted by Gasteiger charge is -2.35. The second-order valence-corrected chi connectivity index (χ2v) is 8.67. The van der Waals surface area contributed by atoms with Crippen LogP contribution in [0.15, 0.2) is 33.6 Å². The van der Waals surface area contributed by atoms with Gasteiger partial charge in [-0.15, -0.1) is 0 Å². The number of carbonyl (C=O) groups is 1. The Labute approximate surface area is 140 Å². The Morgan fingerprint density at radius 1 is 1.41 bits per heavy atom. The van der Waals surface area contributed by atoms with Crippen molar-refractivity contribution in [2.75, 3.05) is 25.4 Å². The Hall–Kier alpha value is -0.920. The average molecular weight is 389 g/mol. The maximum atomic E-state index is 12.5. The van der Waals surface area contributed by atoms with Crippen LogP contribution in [-0.2, 0) is 14.6 Å². The zero-order valence-electron chi connectivity index (χ0n) is 12.8. The molecule has 2 atom stereocenters. The number of piperazine rings is 1. The largest absolute Gasteiger partial charge is 0.337 e. The second kappa shape index (κ2) is 7.10. The minimum absolute atomic E-state index is 0.0883. The quantitative estimate of drug-likeness (QED) is 0.851. The fourth-order valence-electron chi connectivity index (χ4n) is 2.59. The van der Waals surface area contributed by atoms with E-state index in [1.54, 1.807) is 36.1 Å². The zero-order chi connectivity index (χ0) is 16.3. The van der Waals surface area contributed by atoms with Gasteiger partial charge < -0.3 is 10.2 Å². The van der Waals surface area contributed by atoms with Crippen molar-refractivity contribution in [2.24, 2.45) is 5.92 Å². The van der Waals surface area contributed by atoms with Gasteiger partial charge in [-0.2, -0.15) is 0 Å². The summed E-state index contributed by atoms with van der Waals surface area (Å²) in [4.78, 5) is 14.5. The molecule has 0 bridgehead atoms. The van der Waals surface area contributed by atoms with Crippen LogP contribution in [0.25, 0.3) is 0 Å². The lowest BCUT2D eigenvalue weighted by molar-refractivity contribution is -0.137. The molecular formula is C15H21BrN2O3S. The fraction of sp³-hybridized carbons (Fsp3) is 0.533. The maximum absolute atomic E-state index is 12.5. The number of sulfone groups is 1. The predicted molar refractivity (Wildman–Crippen MR) is 89.4 cm³/mol. The number of nitrogens with zero attached hydrogens (tertiary/aromatic N) is 1. The third-order valence-electron chi connectivity index (χ3n) is 3.85. The first kappa shape index (κ1) is 17.4. The van der Waals surface area contributed by atoms with Crippen molar-refractivity contribution in [2.45, 2.75) is 24.8 Å². The van der Waals surface area contributed by atoms with Crippen molar-refractivity contribution in [3.63, 3.8) is 0 Å². The van der Waals surface area contributed by atoms with Crippen molar-refractivity contribution in [3.05, 3.63) is 28.7 Å². The minimum atomic E-state index is -3.46. The predicted octanol–water partition coefficient (Wildman–Crippen LogP) is 1.68. The summed E-state index contributed by atoms with van der Waals surface area (Å²) in [6.07, 6.45) is 0. The Balaban J connectivity index is 2.08. The number of hydrogen-bond donors (Lipinski definition) is 1. The molecule has 7 heteroatoms. The molecule has 0 spiro atoms. The highest BCUT2D eigenvalue weighted by molar-refractivity contribution is 9.10. The second-order valence-electron chi connectivity index (χ2n) is 5.72. The molecule has 1 aromatic rings. The average Bonchev–Trinajstić information content (AvgIpc) is 2.47. The van der Waals surface area contributed by atoms with Gasteiger partial charge in [0.25, 0.3) is 0 Å². The maximum Gasteiger partial charge on any atom is 0.226 e. The van der Waals surface area contributed by atoms with Crippen LogP contribution in [0.3, 0.4) is 0 Å². The van der Waals surface area contributed by atoms with E-state index in [0.717, 1.165) is 17.6 Å². The van der Waals surface area contributed by atoms with Gasteiger partial charge in [0, 0.05) is 36.1 Å². The monoisotopic (exact) mass is 388 g/mol. The summed E-state index contributed by atoms with van der Waals surface area (Å²) in [5.74, 6) is -0.798. The van der Waals surface area contributed by atoms with E-state index in [9.17, 15) is 13.2 Å². The van der Waals surface area contributed by atoms with Gasteiger partial charge in [-0.1, -0.05) is 22.9 Å². The van der Waals surface area contributed by atoms with Crippen LogP contribution < -0.4 is 5.32 Å². The molecule has 0 saturated carbocycles. The van der Waals surface area contributed by atoms with E-state index in [2.05, 4.69) is 21.2 Å². The number of carbonyl (C=O) groups excluding carboxylic acids is 1. The van der Waals surface area contributed by atoms with Crippen LogP contribution in [0.4, 0.5) is 0 Å². The first-order chi connectivity index (χ1) is 10.3. The van der Waals surface area contributed by atoms with E-state index >= 15 is 0 Å². The summed E-state index contributed by atoms with van der Waals surface area (Å²) in [5, 5.41) is 3.22. The lowest BCUT2D eigenvalue weighted by atomic mass is 10.1. The van der Waals surface area contributed by atoms with E-state index in [-0.39, 0.29) is 22.6 Å². The Morgan fingerprint density at radius 2 is 2.05 bits per heavy atom. The summed E-state index contributed by atoms with van der Waals surface area (Å²) >= 11 is 3.28. The highest BCUT2D eigenvalue weighted by Gasteiger charge is 2.30. The highest BCUT2D eigenvalue weighted by atomic mass is 79.9. The van der Waals surface area contributed by atoms with Crippen molar-refractivity contribution >= 4 is 31.7 Å². The van der Waals surface area contributed by atoms with Gasteiger partial charge in [0.15, 0.2) is 9.84 Å². The van der Waals surface area contributed by atoms with Gasteiger partial charge in [0.05, 0.1) is 10.6 Å². The van der Waals surface area contributed by atoms with Gasteiger partial charge in [0.2, 0.25) is 5.91 Å². The molecule has 1 aliphatic rings. The minimum Gasteiger partial charge on any atom is -0.337 e. The van der Waals surface area contributed by atoms with Crippen LogP contribution in [0, 0.1) is 5.92 Å². The van der Waals surface area contributed by atoms with Crippen LogP contribution in [-0.4, -0.2) is 50.7 Å². The van der Waals surface area contributed by atoms with Crippen LogP contribution in [0.1, 0.15) is 13.8 Å². The molecule has 122 valence electrons. The molecule has 0 radical (unpaired) electrons. The number of hydrogen-bond acceptors (Lipinski definition) is 4. The summed E-state index contributed by atoms with van der Waals surface area (Å²) in [5.41, 5.74) is 0. The molecule has 1 heterocycles. The summed E-state index contributed by atoms with van der Waals surface area (Å²) in [6.45, 7) is 5.79. The molecule has 0 aromatic heterocycles. The molecule has 0 unspecified atom stereocenters. The number of nitrogens with one attached hydrogen (secondary N) is 1. The van der Waals surface area contributed by atoms with Gasteiger partial charge in [-0.05, 0) is 31.2 Å². The third kappa shape index (κ3) is 4.08. The Kier molecular flexibility index (Phi) is 5.63. The molecule has 0 aliphatic carbocycles. The summed E-state index contributed by atoms with van der Waals surface area (Å²) in [7, 11) is -3.46. The van der Waals surface area contributed by atoms with Crippen molar-refractivity contribution in [1.82, 2.24) is 10.2 Å². The van der Waals surface area contributed by atoms with E-state index < -0.39 is 15.8 Å². The van der Waals surface area contributed by atoms with Gasteiger partial charge in [-0.3, -0.25) is 4.79 Å². The molecule has 2 rings (SSSR count). The van der Waals surface area contributed by atoms with E-state index in [4.69, 9.17) is 0 Å². The SMILES string of the molecule is C[C@@H]1CNCCN1C(=O)[C@@H](C)CS(=O)(=O)c1ccc(Br)cc1. The van der Waals surface area contributed by atoms with Crippen LogP contribution in [0.5, 0.6) is 0 Å². The lowest BCUT2D eigenvalue weighted by Crippen LogP contribution is -2.54. The van der Waals surface area contributed by atoms with Gasteiger partial charge in [0.1, 0.15) is 0 Å². The molecule has 1 aromatic carbocycles. The number of benzene rings is 1. The molecule has 5 nitrogen and oxygen atoms in total. The van der Waals surface area contributed by atoms with E-state index in [0.29, 0.717) is 6.54 Å². The standard InChI is InChI=1S/C15H21BrN2O3S/c1-11(15(19)18-8-7-17-9-12(18)2)10-22(20,21)14-5-3-13(16)4-6-14/h3-6,11-12,17H,7-10H2,1-2H3/t11-,12+/m0/s1. The smallest absolute Gasteiger partial charge is 0.226 e.